The smallest absolute Gasteiger partial charge is 0.314 e. The minimum absolute atomic E-state index is 0. The zero-order valence-corrected chi connectivity index (χ0v) is 4.84. The maximum atomic E-state index is 9.18. The van der Waals surface area contributed by atoms with Gasteiger partial charge in [0.1, 0.15) is 0 Å². The molecule has 5 heteroatoms. The van der Waals surface area contributed by atoms with Gasteiger partial charge in [-0.3, -0.25) is 0 Å². The van der Waals surface area contributed by atoms with E-state index in [2.05, 4.69) is 4.84 Å². The molecule has 0 bridgehead atoms. The van der Waals surface area contributed by atoms with Crippen LogP contribution in [0, 0.1) is 10.1 Å². The summed E-state index contributed by atoms with van der Waals surface area (Å²) in [4.78, 5) is 12.9. The van der Waals surface area contributed by atoms with E-state index in [0.29, 0.717) is 0 Å². The number of hydrogen-bond acceptors (Lipinski definition) is 3. The fourth-order valence-corrected chi connectivity index (χ4v) is 0.105. The van der Waals surface area contributed by atoms with Gasteiger partial charge < -0.3 is 4.84 Å². The Morgan fingerprint density at radius 1 is 1.86 bits per heavy atom. The Morgan fingerprint density at radius 3 is 2.29 bits per heavy atom. The van der Waals surface area contributed by atoms with Crippen molar-refractivity contribution in [2.24, 2.45) is 0 Å². The Kier molecular flexibility index (Phi) is 8.06. The van der Waals surface area contributed by atoms with Crippen molar-refractivity contribution in [2.45, 2.75) is 6.92 Å². The summed E-state index contributed by atoms with van der Waals surface area (Å²) >= 11 is 0. The maximum absolute atomic E-state index is 9.18. The Labute approximate surface area is 51.4 Å². The van der Waals surface area contributed by atoms with Crippen molar-refractivity contribution in [3.05, 3.63) is 10.1 Å². The van der Waals surface area contributed by atoms with Crippen molar-refractivity contribution < 1.29 is 27.0 Å². The molecule has 0 atom stereocenters. The monoisotopic (exact) mass is 147 g/mol. The van der Waals surface area contributed by atoms with Gasteiger partial charge in [-0.15, -0.1) is 10.1 Å². The molecule has 0 rings (SSSR count). The quantitative estimate of drug-likeness (QED) is 0.318. The Hall–Kier alpha value is -0.281. The summed E-state index contributed by atoms with van der Waals surface area (Å²) in [5.41, 5.74) is 0. The van der Waals surface area contributed by atoms with Gasteiger partial charge in [0.05, 0.1) is 6.61 Å². The van der Waals surface area contributed by atoms with E-state index in [1.165, 1.54) is 0 Å². The first-order valence-corrected chi connectivity index (χ1v) is 1.54. The van der Waals surface area contributed by atoms with Gasteiger partial charge in [-0.25, -0.2) is 0 Å². The molecule has 0 unspecified atom stereocenters. The van der Waals surface area contributed by atoms with Crippen LogP contribution in [0.1, 0.15) is 6.92 Å². The molecule has 0 spiro atoms. The second-order valence-electron chi connectivity index (χ2n) is 0.641. The van der Waals surface area contributed by atoms with Gasteiger partial charge in [0.25, 0.3) is 5.09 Å². The third-order valence-corrected chi connectivity index (χ3v) is 0.235. The summed E-state index contributed by atoms with van der Waals surface area (Å²) in [5.74, 6) is 0. The third kappa shape index (κ3) is 10.7. The van der Waals surface area contributed by atoms with Crippen LogP contribution >= 0.6 is 0 Å². The van der Waals surface area contributed by atoms with Crippen molar-refractivity contribution in [2.75, 3.05) is 6.61 Å². The molecule has 0 saturated heterocycles. The molecule has 7 heavy (non-hydrogen) atoms. The van der Waals surface area contributed by atoms with E-state index in [0.717, 1.165) is 0 Å². The number of rotatable bonds is 2. The van der Waals surface area contributed by atoms with Crippen LogP contribution in [0.2, 0.25) is 0 Å². The summed E-state index contributed by atoms with van der Waals surface area (Å²) in [6.07, 6.45) is 0. The van der Waals surface area contributed by atoms with Crippen LogP contribution in [-0.2, 0) is 21.9 Å². The zero-order chi connectivity index (χ0) is 4.99. The van der Waals surface area contributed by atoms with Gasteiger partial charge in [0.15, 0.2) is 0 Å². The number of nitrogens with zero attached hydrogens (tertiary/aromatic N) is 1. The van der Waals surface area contributed by atoms with Crippen LogP contribution < -0.4 is 0 Å². The molecule has 0 heterocycles. The summed E-state index contributed by atoms with van der Waals surface area (Å²) < 4.78 is 0. The van der Waals surface area contributed by atoms with E-state index in [4.69, 9.17) is 0 Å². The van der Waals surface area contributed by atoms with Crippen LogP contribution in [0.15, 0.2) is 0 Å². The van der Waals surface area contributed by atoms with Crippen molar-refractivity contribution in [3.8, 4) is 0 Å². The van der Waals surface area contributed by atoms with Crippen molar-refractivity contribution in [1.29, 1.82) is 0 Å². The van der Waals surface area contributed by atoms with E-state index in [-0.39, 0.29) is 23.7 Å². The average molecular weight is 147 g/mol. The van der Waals surface area contributed by atoms with E-state index in [1.807, 2.05) is 0 Å². The Balaban J connectivity index is 0. The van der Waals surface area contributed by atoms with E-state index in [1.54, 1.807) is 6.92 Å². The second-order valence-corrected chi connectivity index (χ2v) is 0.641. The first kappa shape index (κ1) is 9.87. The molecule has 0 aliphatic heterocycles. The number of hydrogen-bond donors (Lipinski definition) is 0. The van der Waals surface area contributed by atoms with Gasteiger partial charge in [0, 0.05) is 0 Å². The predicted molar refractivity (Wildman–Crippen MR) is 18.6 cm³/mol. The summed E-state index contributed by atoms with van der Waals surface area (Å²) in [6, 6.07) is 0. The van der Waals surface area contributed by atoms with Crippen LogP contribution in [0.4, 0.5) is 0 Å². The molecule has 0 aliphatic rings. The second kappa shape index (κ2) is 5.72. The molecule has 0 aromatic carbocycles. The van der Waals surface area contributed by atoms with Crippen LogP contribution in [0.3, 0.4) is 0 Å². The summed E-state index contributed by atoms with van der Waals surface area (Å²) in [7, 11) is 0. The van der Waals surface area contributed by atoms with Crippen LogP contribution in [-0.4, -0.2) is 11.7 Å². The molecular weight excluding hydrogens is 142 g/mol. The van der Waals surface area contributed by atoms with Gasteiger partial charge in [0.2, 0.25) is 0 Å². The maximum Gasteiger partial charge on any atom is 2.00 e. The minimum atomic E-state index is -0.819. The summed E-state index contributed by atoms with van der Waals surface area (Å²) in [6.45, 7) is 1.69. The fraction of sp³-hybridized carbons (Fsp3) is 1.00. The van der Waals surface area contributed by atoms with Crippen molar-refractivity contribution in [3.63, 3.8) is 0 Å². The third-order valence-electron chi connectivity index (χ3n) is 0.235. The Morgan fingerprint density at radius 2 is 2.29 bits per heavy atom. The molecule has 0 aliphatic carbocycles. The van der Waals surface area contributed by atoms with Crippen LogP contribution in [0.25, 0.3) is 0 Å². The normalized spacial score (nSPS) is 6.43. The predicted octanol–water partition coefficient (Wildman–Crippen LogP) is 0.212. The van der Waals surface area contributed by atoms with E-state index >= 15 is 0 Å². The molecule has 0 N–H and O–H groups in total. The SMILES string of the molecule is CCO[N+](=O)[O-].[Fe+2]. The standard InChI is InChI=1S/C2H5NO3.Fe/c1-2-6-3(4)5;/h2H2,1H3;/q;+2. The first-order chi connectivity index (χ1) is 2.77. The molecule has 0 saturated carbocycles. The van der Waals surface area contributed by atoms with Crippen molar-refractivity contribution >= 4 is 0 Å². The molecule has 0 amide bonds. The molecule has 0 radical (unpaired) electrons. The zero-order valence-electron chi connectivity index (χ0n) is 3.73. The van der Waals surface area contributed by atoms with Crippen molar-refractivity contribution in [1.82, 2.24) is 0 Å². The van der Waals surface area contributed by atoms with E-state index < -0.39 is 5.09 Å². The average Bonchev–Trinajstić information content (AvgIpc) is 1.35. The van der Waals surface area contributed by atoms with E-state index in [9.17, 15) is 10.1 Å². The van der Waals surface area contributed by atoms with Crippen LogP contribution in [0.5, 0.6) is 0 Å². The molecular formula is C2H5FeNO3+2. The first-order valence-electron chi connectivity index (χ1n) is 1.54. The molecule has 0 aromatic heterocycles. The topological polar surface area (TPSA) is 52.4 Å². The Bertz CT molecular complexity index is 56.9. The van der Waals surface area contributed by atoms with Gasteiger partial charge in [-0.1, -0.05) is 0 Å². The van der Waals surface area contributed by atoms with Gasteiger partial charge in [-0.05, 0) is 6.92 Å². The summed E-state index contributed by atoms with van der Waals surface area (Å²) in [5, 5.41) is 8.36. The molecule has 0 aromatic rings. The molecule has 42 valence electrons. The van der Waals surface area contributed by atoms with Gasteiger partial charge >= 0.3 is 17.1 Å². The molecule has 0 fully saturated rings. The van der Waals surface area contributed by atoms with Gasteiger partial charge in [-0.2, -0.15) is 0 Å². The fourth-order valence-electron chi connectivity index (χ4n) is 0.105. The minimum Gasteiger partial charge on any atom is -0.314 e. The molecule has 4 nitrogen and oxygen atoms in total. The largest absolute Gasteiger partial charge is 2.00 e.